The lowest BCUT2D eigenvalue weighted by atomic mass is 9.87. The Morgan fingerprint density at radius 2 is 1.58 bits per heavy atom. The molecule has 0 amide bonds. The molecule has 6 rings (SSSR count). The van der Waals surface area contributed by atoms with Crippen LogP contribution in [0.1, 0.15) is 36.3 Å². The minimum absolute atomic E-state index is 0.250. The highest BCUT2D eigenvalue weighted by Crippen LogP contribution is 2.44. The minimum Gasteiger partial charge on any atom is -0.457 e. The van der Waals surface area contributed by atoms with Crippen LogP contribution in [-0.4, -0.2) is 11.2 Å². The van der Waals surface area contributed by atoms with Gasteiger partial charge in [0.2, 0.25) is 0 Å². The van der Waals surface area contributed by atoms with E-state index in [1.165, 1.54) is 25.0 Å². The number of aryl methyl sites for hydroxylation is 3. The zero-order chi connectivity index (χ0) is 27.0. The molecule has 0 aliphatic heterocycles. The molecule has 4 aromatic heterocycles. The van der Waals surface area contributed by atoms with Gasteiger partial charge in [0.15, 0.2) is 11.2 Å². The largest absolute Gasteiger partial charge is 0.457 e. The molecule has 0 unspecified atom stereocenters. The number of rotatable bonds is 4. The van der Waals surface area contributed by atoms with Crippen LogP contribution >= 0.6 is 11.3 Å². The third kappa shape index (κ3) is 4.00. The third-order valence-corrected chi connectivity index (χ3v) is 8.35. The van der Waals surface area contributed by atoms with Gasteiger partial charge in [0.25, 0.3) is 0 Å². The summed E-state index contributed by atoms with van der Waals surface area (Å²) in [4.78, 5) is 4.73. The summed E-state index contributed by atoms with van der Waals surface area (Å²) in [5.74, 6) is 0.925. The SMILES string of the molecule is Cc1cc(C)cc(-c2nccc3c2sc2cc(-c4oc5cc(CC(C)(C)C(F)(F)F)oc5c4C)ccc23)c1. The average molecular weight is 534 g/mol. The summed E-state index contributed by atoms with van der Waals surface area (Å²) in [5.41, 5.74) is 5.20. The molecule has 4 heterocycles. The molecule has 0 spiro atoms. The molecule has 2 aromatic carbocycles. The van der Waals surface area contributed by atoms with Gasteiger partial charge in [-0.1, -0.05) is 43.2 Å². The predicted molar refractivity (Wildman–Crippen MR) is 148 cm³/mol. The smallest absolute Gasteiger partial charge is 0.394 e. The topological polar surface area (TPSA) is 39.2 Å². The van der Waals surface area contributed by atoms with E-state index < -0.39 is 11.6 Å². The highest BCUT2D eigenvalue weighted by atomic mass is 32.1. The molecule has 0 aliphatic carbocycles. The Hall–Kier alpha value is -3.58. The van der Waals surface area contributed by atoms with Crippen LogP contribution in [0, 0.1) is 26.2 Å². The maximum Gasteiger partial charge on any atom is 0.394 e. The van der Waals surface area contributed by atoms with Crippen LogP contribution in [0.4, 0.5) is 13.2 Å². The van der Waals surface area contributed by atoms with Gasteiger partial charge in [-0.25, -0.2) is 0 Å². The fraction of sp³-hybridized carbons (Fsp3) is 0.258. The number of hydrogen-bond donors (Lipinski definition) is 0. The van der Waals surface area contributed by atoms with Crippen molar-refractivity contribution in [1.82, 2.24) is 4.98 Å². The van der Waals surface area contributed by atoms with E-state index in [4.69, 9.17) is 13.8 Å². The zero-order valence-corrected chi connectivity index (χ0v) is 22.5. The van der Waals surface area contributed by atoms with Crippen LogP contribution in [0.2, 0.25) is 0 Å². The van der Waals surface area contributed by atoms with Gasteiger partial charge in [0.1, 0.15) is 11.5 Å². The summed E-state index contributed by atoms with van der Waals surface area (Å²) in [7, 11) is 0. The Bertz CT molecular complexity index is 1830. The van der Waals surface area contributed by atoms with Gasteiger partial charge in [0, 0.05) is 50.8 Å². The van der Waals surface area contributed by atoms with Gasteiger partial charge in [-0.3, -0.25) is 4.98 Å². The predicted octanol–water partition coefficient (Wildman–Crippen LogP) is 10.2. The Morgan fingerprint density at radius 1 is 0.842 bits per heavy atom. The molecule has 0 saturated carbocycles. The molecule has 0 atom stereocenters. The molecule has 194 valence electrons. The summed E-state index contributed by atoms with van der Waals surface area (Å²) in [6.07, 6.45) is -2.72. The van der Waals surface area contributed by atoms with E-state index in [0.29, 0.717) is 16.9 Å². The highest BCUT2D eigenvalue weighted by Gasteiger charge is 2.47. The fourth-order valence-electron chi connectivity index (χ4n) is 5.11. The standard InChI is InChI=1S/C31H26F3NO2S/c1-16-10-17(2)12-20(11-16)26-29-23(8-9-35-26)22-7-6-19(13-25(22)38-29)27-18(3)28-24(37-27)14-21(36-28)15-30(4,5)31(32,33)34/h6-14H,15H2,1-5H3. The lowest BCUT2D eigenvalue weighted by molar-refractivity contribution is -0.211. The van der Waals surface area contributed by atoms with Crippen LogP contribution in [0.25, 0.3) is 53.9 Å². The normalized spacial score (nSPS) is 12.8. The first-order valence-corrected chi connectivity index (χ1v) is 13.2. The van der Waals surface area contributed by atoms with Crippen LogP contribution < -0.4 is 0 Å². The molecule has 0 bridgehead atoms. The van der Waals surface area contributed by atoms with Crippen LogP contribution in [0.5, 0.6) is 0 Å². The number of thiophene rings is 1. The molecule has 38 heavy (non-hydrogen) atoms. The molecular weight excluding hydrogens is 507 g/mol. The summed E-state index contributed by atoms with van der Waals surface area (Å²) in [5, 5.41) is 2.30. The van der Waals surface area contributed by atoms with E-state index in [9.17, 15) is 13.2 Å². The fourth-order valence-corrected chi connectivity index (χ4v) is 6.36. The molecule has 7 heteroatoms. The number of hydrogen-bond acceptors (Lipinski definition) is 4. The van der Waals surface area contributed by atoms with Crippen molar-refractivity contribution < 1.29 is 22.0 Å². The van der Waals surface area contributed by atoms with Gasteiger partial charge < -0.3 is 8.83 Å². The van der Waals surface area contributed by atoms with Crippen molar-refractivity contribution >= 4 is 42.7 Å². The van der Waals surface area contributed by atoms with E-state index in [2.05, 4.69) is 50.2 Å². The van der Waals surface area contributed by atoms with E-state index in [1.54, 1.807) is 17.4 Å². The number of furan rings is 2. The van der Waals surface area contributed by atoms with Gasteiger partial charge >= 0.3 is 6.18 Å². The van der Waals surface area contributed by atoms with Gasteiger partial charge in [0.05, 0.1) is 15.8 Å². The first kappa shape index (κ1) is 24.7. The van der Waals surface area contributed by atoms with Crippen molar-refractivity contribution in [2.45, 2.75) is 47.2 Å². The molecule has 3 nitrogen and oxygen atoms in total. The summed E-state index contributed by atoms with van der Waals surface area (Å²) < 4.78 is 54.3. The van der Waals surface area contributed by atoms with Crippen molar-refractivity contribution in [1.29, 1.82) is 0 Å². The molecule has 0 aliphatic rings. The second-order valence-electron chi connectivity index (χ2n) is 10.7. The summed E-state index contributed by atoms with van der Waals surface area (Å²) in [6, 6.07) is 16.3. The Labute approximate surface area is 221 Å². The summed E-state index contributed by atoms with van der Waals surface area (Å²) in [6.45, 7) is 8.42. The maximum atomic E-state index is 13.4. The first-order valence-electron chi connectivity index (χ1n) is 12.4. The van der Waals surface area contributed by atoms with Crippen LogP contribution in [0.3, 0.4) is 0 Å². The number of pyridine rings is 1. The minimum atomic E-state index is -4.33. The molecule has 0 radical (unpaired) electrons. The van der Waals surface area contributed by atoms with Gasteiger partial charge in [-0.2, -0.15) is 13.2 Å². The monoisotopic (exact) mass is 533 g/mol. The average Bonchev–Trinajstić information content (AvgIpc) is 3.48. The van der Waals surface area contributed by atoms with Crippen molar-refractivity contribution in [3.05, 3.63) is 77.2 Å². The zero-order valence-electron chi connectivity index (χ0n) is 21.7. The van der Waals surface area contributed by atoms with Crippen molar-refractivity contribution in [3.8, 4) is 22.6 Å². The quantitative estimate of drug-likeness (QED) is 0.226. The van der Waals surface area contributed by atoms with Crippen molar-refractivity contribution in [2.75, 3.05) is 0 Å². The Morgan fingerprint density at radius 3 is 2.26 bits per heavy atom. The van der Waals surface area contributed by atoms with Crippen molar-refractivity contribution in [3.63, 3.8) is 0 Å². The number of benzene rings is 2. The van der Waals surface area contributed by atoms with Crippen molar-refractivity contribution in [2.24, 2.45) is 5.41 Å². The molecular formula is C31H26F3NO2S. The molecule has 0 N–H and O–H groups in total. The lowest BCUT2D eigenvalue weighted by Crippen LogP contribution is -2.33. The van der Waals surface area contributed by atoms with E-state index >= 15 is 0 Å². The number of alkyl halides is 3. The molecule has 0 fully saturated rings. The second-order valence-corrected chi connectivity index (χ2v) is 11.8. The van der Waals surface area contributed by atoms with E-state index in [1.807, 2.05) is 19.2 Å². The van der Waals surface area contributed by atoms with Crippen LogP contribution in [-0.2, 0) is 6.42 Å². The van der Waals surface area contributed by atoms with Gasteiger partial charge in [-0.15, -0.1) is 11.3 Å². The number of nitrogens with zero attached hydrogens (tertiary/aromatic N) is 1. The molecule has 6 aromatic rings. The van der Waals surface area contributed by atoms with Gasteiger partial charge in [-0.05, 0) is 45.0 Å². The number of aromatic nitrogens is 1. The highest BCUT2D eigenvalue weighted by molar-refractivity contribution is 7.26. The third-order valence-electron chi connectivity index (χ3n) is 7.17. The second kappa shape index (κ2) is 8.46. The van der Waals surface area contributed by atoms with Crippen LogP contribution in [0.15, 0.2) is 63.6 Å². The number of halogens is 3. The van der Waals surface area contributed by atoms with E-state index in [-0.39, 0.29) is 12.2 Å². The first-order chi connectivity index (χ1) is 17.9. The summed E-state index contributed by atoms with van der Waals surface area (Å²) >= 11 is 1.70. The Balaban J connectivity index is 1.41. The Kier molecular flexibility index (Phi) is 5.51. The van der Waals surface area contributed by atoms with E-state index in [0.717, 1.165) is 42.6 Å². The maximum absolute atomic E-state index is 13.4. The molecule has 0 saturated heterocycles. The number of fused-ring (bicyclic) bond motifs is 4. The lowest BCUT2D eigenvalue weighted by Gasteiger charge is -2.26.